The van der Waals surface area contributed by atoms with Gasteiger partial charge in [-0.15, -0.1) is 0 Å². The molecule has 4 aromatic rings. The molecule has 3 aromatic carbocycles. The quantitative estimate of drug-likeness (QED) is 0.315. The van der Waals surface area contributed by atoms with E-state index in [0.717, 1.165) is 50.0 Å². The number of halogens is 1. The molecule has 0 aliphatic heterocycles. The van der Waals surface area contributed by atoms with Crippen molar-refractivity contribution in [3.05, 3.63) is 106 Å². The van der Waals surface area contributed by atoms with Gasteiger partial charge in [0.1, 0.15) is 18.2 Å². The summed E-state index contributed by atoms with van der Waals surface area (Å²) in [5, 5.41) is 10.2. The van der Waals surface area contributed by atoms with Gasteiger partial charge in [-0.1, -0.05) is 41.9 Å². The minimum atomic E-state index is -0.858. The van der Waals surface area contributed by atoms with Gasteiger partial charge in [-0.25, -0.2) is 4.98 Å². The van der Waals surface area contributed by atoms with E-state index in [1.54, 1.807) is 6.20 Å². The largest absolute Gasteiger partial charge is 0.489 e. The number of ether oxygens (including phenoxy) is 1. The summed E-state index contributed by atoms with van der Waals surface area (Å²) >= 11 is 6.10. The molecule has 1 aromatic heterocycles. The number of carboxylic acids is 1. The van der Waals surface area contributed by atoms with Crippen molar-refractivity contribution in [2.45, 2.75) is 32.8 Å². The summed E-state index contributed by atoms with van der Waals surface area (Å²) in [5.74, 6) is 0.283. The van der Waals surface area contributed by atoms with Gasteiger partial charge in [-0.05, 0) is 77.6 Å². The highest BCUT2D eigenvalue weighted by molar-refractivity contribution is 6.30. The Bertz CT molecular complexity index is 1330. The number of hydrogen-bond donors (Lipinski definition) is 1. The fourth-order valence-electron chi connectivity index (χ4n) is 4.30. The van der Waals surface area contributed by atoms with Crippen LogP contribution in [0.2, 0.25) is 5.02 Å². The van der Waals surface area contributed by atoms with Crippen LogP contribution in [0.15, 0.2) is 73.1 Å². The molecule has 6 heteroatoms. The minimum absolute atomic E-state index is 0.0250. The Morgan fingerprint density at radius 1 is 1.09 bits per heavy atom. The van der Waals surface area contributed by atoms with Gasteiger partial charge in [0.25, 0.3) is 0 Å². The van der Waals surface area contributed by atoms with Crippen molar-refractivity contribution in [3.8, 4) is 16.9 Å². The van der Waals surface area contributed by atoms with Crippen molar-refractivity contribution in [1.82, 2.24) is 9.55 Å². The number of nitrogens with zero attached hydrogens (tertiary/aromatic N) is 2. The molecule has 1 heterocycles. The van der Waals surface area contributed by atoms with Gasteiger partial charge in [0.05, 0.1) is 12.3 Å². The van der Waals surface area contributed by atoms with Crippen LogP contribution in [0.4, 0.5) is 0 Å². The average Bonchev–Trinajstić information content (AvgIpc) is 3.22. The molecule has 1 atom stereocenters. The summed E-state index contributed by atoms with van der Waals surface area (Å²) in [4.78, 5) is 15.9. The Balaban J connectivity index is 1.52. The van der Waals surface area contributed by atoms with Crippen LogP contribution in [0.3, 0.4) is 0 Å². The Morgan fingerprint density at radius 2 is 1.91 bits per heavy atom. The van der Waals surface area contributed by atoms with Crippen LogP contribution in [0.1, 0.15) is 40.4 Å². The Labute approximate surface area is 204 Å². The zero-order chi connectivity index (χ0) is 24.2. The van der Waals surface area contributed by atoms with Crippen LogP contribution in [0, 0.1) is 13.8 Å². The SMILES string of the molecule is Cc1cc(Cl)ccc1-c1cccc(COc2ccc(C(CC(=O)O)c3nccn3C)c(C)c2)c1. The summed E-state index contributed by atoms with van der Waals surface area (Å²) in [6, 6.07) is 20.0. The molecular formula is C28H27ClN2O3. The maximum absolute atomic E-state index is 11.5. The van der Waals surface area contributed by atoms with Gasteiger partial charge >= 0.3 is 5.97 Å². The Hall–Kier alpha value is -3.57. The zero-order valence-corrected chi connectivity index (χ0v) is 20.2. The standard InChI is InChI=1S/C28H27ClN2O3/c1-18-13-22(29)7-9-24(18)21-6-4-5-20(15-21)17-34-23-8-10-25(19(2)14-23)26(16-27(32)33)28-30-11-12-31(28)3/h4-15,26H,16-17H2,1-3H3,(H,32,33). The fourth-order valence-corrected chi connectivity index (χ4v) is 4.53. The van der Waals surface area contributed by atoms with E-state index in [1.807, 2.05) is 73.3 Å². The molecule has 0 aliphatic carbocycles. The first-order chi connectivity index (χ1) is 16.3. The van der Waals surface area contributed by atoms with Gasteiger partial charge < -0.3 is 14.4 Å². The van der Waals surface area contributed by atoms with Crippen LogP contribution in [-0.4, -0.2) is 20.6 Å². The van der Waals surface area contributed by atoms with Crippen LogP contribution in [0.25, 0.3) is 11.1 Å². The summed E-state index contributed by atoms with van der Waals surface area (Å²) in [6.07, 6.45) is 3.50. The van der Waals surface area contributed by atoms with Crippen LogP contribution in [-0.2, 0) is 18.4 Å². The van der Waals surface area contributed by atoms with Crippen molar-refractivity contribution in [2.75, 3.05) is 0 Å². The lowest BCUT2D eigenvalue weighted by molar-refractivity contribution is -0.137. The summed E-state index contributed by atoms with van der Waals surface area (Å²) < 4.78 is 7.95. The molecule has 0 saturated carbocycles. The minimum Gasteiger partial charge on any atom is -0.489 e. The number of aliphatic carboxylic acids is 1. The first-order valence-electron chi connectivity index (χ1n) is 11.1. The van der Waals surface area contributed by atoms with E-state index >= 15 is 0 Å². The lowest BCUT2D eigenvalue weighted by Gasteiger charge is -2.19. The van der Waals surface area contributed by atoms with Gasteiger partial charge in [0, 0.05) is 24.5 Å². The van der Waals surface area contributed by atoms with Crippen molar-refractivity contribution < 1.29 is 14.6 Å². The van der Waals surface area contributed by atoms with Crippen molar-refractivity contribution in [1.29, 1.82) is 0 Å². The van der Waals surface area contributed by atoms with Gasteiger partial charge in [-0.2, -0.15) is 0 Å². The van der Waals surface area contributed by atoms with E-state index < -0.39 is 5.97 Å². The highest BCUT2D eigenvalue weighted by atomic mass is 35.5. The third-order valence-corrected chi connectivity index (χ3v) is 6.23. The number of benzene rings is 3. The maximum Gasteiger partial charge on any atom is 0.304 e. The lowest BCUT2D eigenvalue weighted by atomic mass is 9.91. The molecular weight excluding hydrogens is 448 g/mol. The van der Waals surface area contributed by atoms with Crippen LogP contribution in [0.5, 0.6) is 5.75 Å². The molecule has 1 unspecified atom stereocenters. The number of rotatable bonds is 8. The summed E-state index contributed by atoms with van der Waals surface area (Å²) in [6.45, 7) is 4.46. The third kappa shape index (κ3) is 5.32. The molecule has 0 saturated heterocycles. The first-order valence-corrected chi connectivity index (χ1v) is 11.5. The number of imidazole rings is 1. The smallest absolute Gasteiger partial charge is 0.304 e. The summed E-state index contributed by atoms with van der Waals surface area (Å²) in [7, 11) is 1.88. The van der Waals surface area contributed by atoms with E-state index in [9.17, 15) is 9.90 Å². The van der Waals surface area contributed by atoms with Crippen LogP contribution < -0.4 is 4.74 Å². The molecule has 0 radical (unpaired) electrons. The molecule has 174 valence electrons. The maximum atomic E-state index is 11.5. The third-order valence-electron chi connectivity index (χ3n) is 6.00. The number of carboxylic acid groups (broad SMARTS) is 1. The molecule has 34 heavy (non-hydrogen) atoms. The predicted molar refractivity (Wildman–Crippen MR) is 134 cm³/mol. The molecule has 4 rings (SSSR count). The molecule has 0 fully saturated rings. The average molecular weight is 475 g/mol. The monoisotopic (exact) mass is 474 g/mol. The lowest BCUT2D eigenvalue weighted by Crippen LogP contribution is -2.13. The molecule has 1 N–H and O–H groups in total. The number of aryl methyl sites for hydroxylation is 3. The number of aromatic nitrogens is 2. The van der Waals surface area contributed by atoms with Crippen molar-refractivity contribution >= 4 is 17.6 Å². The molecule has 0 spiro atoms. The highest BCUT2D eigenvalue weighted by Crippen LogP contribution is 2.32. The van der Waals surface area contributed by atoms with E-state index in [1.165, 1.54) is 0 Å². The number of carbonyl (C=O) groups is 1. The van der Waals surface area contributed by atoms with Crippen molar-refractivity contribution in [2.24, 2.45) is 7.05 Å². The van der Waals surface area contributed by atoms with Crippen molar-refractivity contribution in [3.63, 3.8) is 0 Å². The molecule has 0 aliphatic rings. The van der Waals surface area contributed by atoms with Gasteiger partial charge in [0.2, 0.25) is 0 Å². The number of hydrogen-bond acceptors (Lipinski definition) is 3. The predicted octanol–water partition coefficient (Wildman–Crippen LogP) is 6.54. The Kier molecular flexibility index (Phi) is 7.03. The van der Waals surface area contributed by atoms with E-state index in [4.69, 9.17) is 16.3 Å². The van der Waals surface area contributed by atoms with Gasteiger partial charge in [-0.3, -0.25) is 4.79 Å². The van der Waals surface area contributed by atoms with E-state index in [2.05, 4.69) is 24.0 Å². The Morgan fingerprint density at radius 3 is 2.59 bits per heavy atom. The molecule has 0 bridgehead atoms. The summed E-state index contributed by atoms with van der Waals surface area (Å²) in [5.41, 5.74) is 6.35. The van der Waals surface area contributed by atoms with E-state index in [-0.39, 0.29) is 12.3 Å². The first kappa shape index (κ1) is 23.6. The molecule has 5 nitrogen and oxygen atoms in total. The zero-order valence-electron chi connectivity index (χ0n) is 19.5. The van der Waals surface area contributed by atoms with Gasteiger partial charge in [0.15, 0.2) is 0 Å². The second-order valence-electron chi connectivity index (χ2n) is 8.51. The molecule has 0 amide bonds. The fraction of sp³-hybridized carbons (Fsp3) is 0.214. The normalized spacial score (nSPS) is 11.9. The van der Waals surface area contributed by atoms with E-state index in [0.29, 0.717) is 6.61 Å². The second kappa shape index (κ2) is 10.1. The highest BCUT2D eigenvalue weighted by Gasteiger charge is 2.23. The second-order valence-corrected chi connectivity index (χ2v) is 8.95. The topological polar surface area (TPSA) is 64.3 Å². The van der Waals surface area contributed by atoms with Crippen LogP contribution >= 0.6 is 11.6 Å².